The van der Waals surface area contributed by atoms with Gasteiger partial charge in [0.05, 0.1) is 18.1 Å². The first kappa shape index (κ1) is 15.5. The van der Waals surface area contributed by atoms with Crippen LogP contribution in [-0.2, 0) is 11.8 Å². The molecule has 2 aliphatic carbocycles. The van der Waals surface area contributed by atoms with E-state index in [1.807, 2.05) is 12.1 Å². The number of aliphatic hydroxyl groups is 1. The van der Waals surface area contributed by atoms with Gasteiger partial charge in [-0.15, -0.1) is 6.58 Å². The molecule has 2 fully saturated rings. The van der Waals surface area contributed by atoms with Crippen LogP contribution in [0.25, 0.3) is 0 Å². The molecule has 4 aliphatic rings. The van der Waals surface area contributed by atoms with Gasteiger partial charge in [-0.1, -0.05) is 18.7 Å². The monoisotopic (exact) mass is 339 g/mol. The van der Waals surface area contributed by atoms with Crippen molar-refractivity contribution < 1.29 is 14.6 Å². The number of hydrogen-bond acceptors (Lipinski definition) is 4. The summed E-state index contributed by atoms with van der Waals surface area (Å²) in [6.45, 7) is 9.98. The molecule has 4 atom stereocenters. The summed E-state index contributed by atoms with van der Waals surface area (Å²) in [5.41, 5.74) is 2.41. The van der Waals surface area contributed by atoms with E-state index in [9.17, 15) is 5.11 Å². The number of benzene rings is 1. The van der Waals surface area contributed by atoms with Gasteiger partial charge in [0.1, 0.15) is 6.10 Å². The Labute approximate surface area is 148 Å². The Balaban J connectivity index is 1.79. The molecule has 1 aromatic rings. The number of likely N-dealkylation sites (tertiary alicyclic amines) is 1. The van der Waals surface area contributed by atoms with Crippen LogP contribution < -0.4 is 9.47 Å². The van der Waals surface area contributed by atoms with Gasteiger partial charge < -0.3 is 14.6 Å². The number of methoxy groups -OCH3 is 1. The summed E-state index contributed by atoms with van der Waals surface area (Å²) in [6, 6.07) is 4.26. The first-order valence-corrected chi connectivity index (χ1v) is 9.19. The van der Waals surface area contributed by atoms with Gasteiger partial charge in [-0.05, 0) is 42.9 Å². The van der Waals surface area contributed by atoms with Crippen molar-refractivity contribution in [3.05, 3.63) is 48.1 Å². The van der Waals surface area contributed by atoms with Crippen molar-refractivity contribution in [1.82, 2.24) is 4.90 Å². The van der Waals surface area contributed by atoms with Gasteiger partial charge >= 0.3 is 0 Å². The van der Waals surface area contributed by atoms with Crippen molar-refractivity contribution in [2.75, 3.05) is 20.2 Å². The van der Waals surface area contributed by atoms with Crippen LogP contribution in [0.1, 0.15) is 30.4 Å². The Hall–Kier alpha value is -1.78. The van der Waals surface area contributed by atoms with Gasteiger partial charge in [-0.2, -0.15) is 0 Å². The molecule has 0 radical (unpaired) electrons. The van der Waals surface area contributed by atoms with Crippen LogP contribution in [0.15, 0.2) is 36.9 Å². The Morgan fingerprint density at radius 3 is 3.04 bits per heavy atom. The van der Waals surface area contributed by atoms with Gasteiger partial charge in [-0.3, -0.25) is 4.90 Å². The Bertz CT molecular complexity index is 788. The molecule has 4 nitrogen and oxygen atoms in total. The number of ether oxygens (including phenoxy) is 2. The zero-order valence-electron chi connectivity index (χ0n) is 14.8. The van der Waals surface area contributed by atoms with E-state index < -0.39 is 5.60 Å². The van der Waals surface area contributed by atoms with Crippen LogP contribution in [0, 0.1) is 0 Å². The summed E-state index contributed by atoms with van der Waals surface area (Å²) in [5, 5.41) is 12.1. The molecule has 1 N–H and O–H groups in total. The number of piperidine rings is 1. The maximum absolute atomic E-state index is 12.1. The second kappa shape index (κ2) is 4.89. The number of nitrogens with zero attached hydrogens (tertiary/aromatic N) is 1. The minimum Gasteiger partial charge on any atom is -0.493 e. The average molecular weight is 339 g/mol. The fraction of sp³-hybridized carbons (Fsp3) is 0.524. The van der Waals surface area contributed by atoms with Gasteiger partial charge in [0.15, 0.2) is 11.5 Å². The highest BCUT2D eigenvalue weighted by atomic mass is 16.5. The lowest BCUT2D eigenvalue weighted by molar-refractivity contribution is -0.171. The van der Waals surface area contributed by atoms with Crippen molar-refractivity contribution >= 4 is 0 Å². The molecule has 1 unspecified atom stereocenters. The zero-order chi connectivity index (χ0) is 17.4. The van der Waals surface area contributed by atoms with E-state index in [-0.39, 0.29) is 17.6 Å². The minimum atomic E-state index is -0.787. The lowest BCUT2D eigenvalue weighted by Crippen LogP contribution is -2.75. The van der Waals surface area contributed by atoms with Gasteiger partial charge in [-0.25, -0.2) is 0 Å². The molecule has 25 heavy (non-hydrogen) atoms. The summed E-state index contributed by atoms with van der Waals surface area (Å²) in [5.74, 6) is 1.60. The maximum Gasteiger partial charge on any atom is 0.166 e. The van der Waals surface area contributed by atoms with Crippen molar-refractivity contribution in [3.63, 3.8) is 0 Å². The molecule has 132 valence electrons. The van der Waals surface area contributed by atoms with E-state index in [4.69, 9.17) is 9.47 Å². The molecule has 2 heterocycles. The van der Waals surface area contributed by atoms with Gasteiger partial charge in [0.25, 0.3) is 0 Å². The van der Waals surface area contributed by atoms with Gasteiger partial charge in [0, 0.05) is 24.7 Å². The largest absolute Gasteiger partial charge is 0.493 e. The third-order valence-corrected chi connectivity index (χ3v) is 7.09. The third-order valence-electron chi connectivity index (χ3n) is 7.09. The highest BCUT2D eigenvalue weighted by Crippen LogP contribution is 2.66. The Kier molecular flexibility index (Phi) is 3.03. The molecule has 1 spiro atoms. The number of hydrogen-bond donors (Lipinski definition) is 1. The first-order valence-electron chi connectivity index (χ1n) is 9.19. The molecule has 0 amide bonds. The van der Waals surface area contributed by atoms with E-state index in [1.54, 1.807) is 7.11 Å². The van der Waals surface area contributed by atoms with Crippen LogP contribution >= 0.6 is 0 Å². The quantitative estimate of drug-likeness (QED) is 0.860. The summed E-state index contributed by atoms with van der Waals surface area (Å²) in [4.78, 5) is 2.40. The summed E-state index contributed by atoms with van der Waals surface area (Å²) < 4.78 is 12.0. The van der Waals surface area contributed by atoms with E-state index in [2.05, 4.69) is 24.1 Å². The second-order valence-corrected chi connectivity index (χ2v) is 7.94. The molecular formula is C21H25NO3. The van der Waals surface area contributed by atoms with E-state index in [0.29, 0.717) is 0 Å². The predicted molar refractivity (Wildman–Crippen MR) is 96.3 cm³/mol. The Morgan fingerprint density at radius 2 is 2.28 bits per heavy atom. The molecule has 1 saturated carbocycles. The average Bonchev–Trinajstić information content (AvgIpc) is 2.96. The fourth-order valence-corrected chi connectivity index (χ4v) is 6.08. The third kappa shape index (κ3) is 1.61. The van der Waals surface area contributed by atoms with Crippen LogP contribution in [0.2, 0.25) is 0 Å². The summed E-state index contributed by atoms with van der Waals surface area (Å²) in [6.07, 6.45) is 5.09. The first-order chi connectivity index (χ1) is 12.1. The topological polar surface area (TPSA) is 41.9 Å². The summed E-state index contributed by atoms with van der Waals surface area (Å²) in [7, 11) is 1.68. The summed E-state index contributed by atoms with van der Waals surface area (Å²) >= 11 is 0. The molecule has 4 heteroatoms. The van der Waals surface area contributed by atoms with Crippen LogP contribution in [0.3, 0.4) is 0 Å². The van der Waals surface area contributed by atoms with E-state index in [0.717, 1.165) is 55.8 Å². The lowest BCUT2D eigenvalue weighted by Gasteiger charge is -2.63. The highest BCUT2D eigenvalue weighted by molar-refractivity contribution is 5.64. The maximum atomic E-state index is 12.1. The van der Waals surface area contributed by atoms with Crippen LogP contribution in [0.5, 0.6) is 11.5 Å². The van der Waals surface area contributed by atoms with Gasteiger partial charge in [0.2, 0.25) is 0 Å². The second-order valence-electron chi connectivity index (χ2n) is 7.94. The fourth-order valence-electron chi connectivity index (χ4n) is 6.08. The molecule has 2 aliphatic heterocycles. The normalized spacial score (nSPS) is 38.1. The van der Waals surface area contributed by atoms with Crippen LogP contribution in [0.4, 0.5) is 0 Å². The molecular weight excluding hydrogens is 314 g/mol. The smallest absolute Gasteiger partial charge is 0.166 e. The zero-order valence-corrected chi connectivity index (χ0v) is 14.8. The van der Waals surface area contributed by atoms with E-state index in [1.165, 1.54) is 11.1 Å². The standard InChI is InChI=1S/C21H25NO3/c1-4-10-22-11-9-20-17-14-5-6-15(24-3)18(17)25-19(20)13(2)7-8-21(20,23)16(22)12-14/h4-6,16,19,23H,1-2,7-12H2,3H3/t16-,19+,20?,21-/m0/s1. The van der Waals surface area contributed by atoms with E-state index >= 15 is 0 Å². The molecule has 0 aromatic heterocycles. The van der Waals surface area contributed by atoms with Crippen molar-refractivity contribution in [2.45, 2.75) is 48.8 Å². The van der Waals surface area contributed by atoms with Crippen LogP contribution in [-0.4, -0.2) is 48.0 Å². The highest BCUT2D eigenvalue weighted by Gasteiger charge is 2.71. The minimum absolute atomic E-state index is 0.102. The predicted octanol–water partition coefficient (Wildman–Crippen LogP) is 2.59. The molecule has 2 bridgehead atoms. The Morgan fingerprint density at radius 1 is 1.44 bits per heavy atom. The van der Waals surface area contributed by atoms with Crippen molar-refractivity contribution in [3.8, 4) is 11.5 Å². The van der Waals surface area contributed by atoms with Crippen molar-refractivity contribution in [2.24, 2.45) is 0 Å². The number of rotatable bonds is 3. The SMILES string of the molecule is C=CCN1CCC23c4c5ccc(OC)c4O[C@@H]2C(=C)CC[C@]3(O)[C@@H]1C5. The molecule has 1 saturated heterocycles. The molecule has 5 rings (SSSR count). The van der Waals surface area contributed by atoms with Crippen molar-refractivity contribution in [1.29, 1.82) is 0 Å². The lowest BCUT2D eigenvalue weighted by atomic mass is 9.48. The molecule has 1 aromatic carbocycles.